The third kappa shape index (κ3) is 6.57. The van der Waals surface area contributed by atoms with E-state index < -0.39 is 102 Å². The van der Waals surface area contributed by atoms with Crippen molar-refractivity contribution in [3.8, 4) is 31.6 Å². The number of rotatable bonds is 6. The molecular formula is C42H10F12N4S4. The fourth-order valence-corrected chi connectivity index (χ4v) is 11.0. The number of pyridine rings is 2. The zero-order valence-electron chi connectivity index (χ0n) is 29.7. The van der Waals surface area contributed by atoms with E-state index in [0.29, 0.717) is 55.0 Å². The lowest BCUT2D eigenvalue weighted by molar-refractivity contribution is 0.404. The summed E-state index contributed by atoms with van der Waals surface area (Å²) in [6.45, 7) is 0. The summed E-state index contributed by atoms with van der Waals surface area (Å²) < 4.78 is 175. The number of hydrogen-bond donors (Lipinski definition) is 0. The Morgan fingerprint density at radius 1 is 0.403 bits per heavy atom. The lowest BCUT2D eigenvalue weighted by atomic mass is 10.0. The Kier molecular flexibility index (Phi) is 9.94. The van der Waals surface area contributed by atoms with E-state index in [4.69, 9.17) is 0 Å². The minimum atomic E-state index is -2.04. The molecule has 0 aliphatic carbocycles. The van der Waals surface area contributed by atoms with Crippen molar-refractivity contribution in [2.75, 3.05) is 0 Å². The number of thiophene rings is 4. The van der Waals surface area contributed by atoms with Crippen molar-refractivity contribution in [1.29, 1.82) is 10.5 Å². The SMILES string of the molecule is N#C/C(=C\c1sc(-c2cc3cc4cc5cc6sc(-c7sc(/C=C(\C#N)c8c(F)c(F)nc(F)c8F)c(F)c7F)cc6cc5cc4cc3s2)c(F)c1F)c1c(F)c(F)nc(F)c1F. The predicted molar refractivity (Wildman–Crippen MR) is 214 cm³/mol. The normalized spacial score (nSPS) is 12.4. The molecule has 0 radical (unpaired) electrons. The van der Waals surface area contributed by atoms with Crippen molar-refractivity contribution in [3.05, 3.63) is 140 Å². The van der Waals surface area contributed by atoms with Crippen LogP contribution in [0.3, 0.4) is 0 Å². The number of aromatic nitrogens is 2. The molecule has 0 amide bonds. The fraction of sp³-hybridized carbons (Fsp3) is 0. The van der Waals surface area contributed by atoms with Crippen molar-refractivity contribution >= 4 is 110 Å². The van der Waals surface area contributed by atoms with E-state index in [-0.39, 0.29) is 19.5 Å². The Morgan fingerprint density at radius 3 is 1.06 bits per heavy atom. The minimum absolute atomic E-state index is 0.219. The molecule has 0 spiro atoms. The zero-order valence-corrected chi connectivity index (χ0v) is 33.0. The highest BCUT2D eigenvalue weighted by Gasteiger charge is 2.28. The van der Waals surface area contributed by atoms with Crippen LogP contribution in [-0.4, -0.2) is 9.97 Å². The summed E-state index contributed by atoms with van der Waals surface area (Å²) in [5.41, 5.74) is -4.90. The summed E-state index contributed by atoms with van der Waals surface area (Å²) in [5.74, 6) is -21.7. The maximum absolute atomic E-state index is 15.4. The second-order valence-corrected chi connectivity index (χ2v) is 17.4. The summed E-state index contributed by atoms with van der Waals surface area (Å²) in [6, 6.07) is 16.8. The third-order valence-corrected chi connectivity index (χ3v) is 14.2. The molecule has 0 atom stereocenters. The van der Waals surface area contributed by atoms with E-state index >= 15 is 17.6 Å². The number of halogens is 12. The highest BCUT2D eigenvalue weighted by Crippen LogP contribution is 2.46. The first-order valence-corrected chi connectivity index (χ1v) is 20.3. The first-order chi connectivity index (χ1) is 29.6. The van der Waals surface area contributed by atoms with Crippen LogP contribution in [0.2, 0.25) is 0 Å². The molecule has 0 saturated carbocycles. The van der Waals surface area contributed by atoms with Crippen molar-refractivity contribution in [1.82, 2.24) is 9.97 Å². The fourth-order valence-electron chi connectivity index (χ4n) is 6.65. The Morgan fingerprint density at radius 2 is 0.726 bits per heavy atom. The number of allylic oxidation sites excluding steroid dienone is 2. The molecule has 0 unspecified atom stereocenters. The molecular weight excluding hydrogens is 917 g/mol. The summed E-state index contributed by atoms with van der Waals surface area (Å²) in [4.78, 5) is 3.77. The van der Waals surface area contributed by atoms with Crippen molar-refractivity contribution < 1.29 is 52.7 Å². The second-order valence-electron chi connectivity index (χ2n) is 13.1. The Hall–Kier alpha value is -6.58. The van der Waals surface area contributed by atoms with E-state index in [0.717, 1.165) is 44.2 Å². The number of nitriles is 2. The quantitative estimate of drug-likeness (QED) is 0.0721. The second kappa shape index (κ2) is 15.1. The van der Waals surface area contributed by atoms with E-state index in [9.17, 15) is 45.6 Å². The van der Waals surface area contributed by atoms with Crippen LogP contribution in [0.25, 0.3) is 84.5 Å². The van der Waals surface area contributed by atoms with Gasteiger partial charge in [-0.05, 0) is 93.0 Å². The Balaban J connectivity index is 1.06. The van der Waals surface area contributed by atoms with Gasteiger partial charge in [-0.2, -0.15) is 38.1 Å². The Bertz CT molecular complexity index is 3230. The van der Waals surface area contributed by atoms with E-state index in [1.54, 1.807) is 36.4 Å². The van der Waals surface area contributed by atoms with Gasteiger partial charge < -0.3 is 0 Å². The molecule has 0 saturated heterocycles. The van der Waals surface area contributed by atoms with Gasteiger partial charge in [0.25, 0.3) is 23.8 Å². The summed E-state index contributed by atoms with van der Waals surface area (Å²) in [5, 5.41) is 23.2. The number of benzene rings is 3. The molecule has 62 heavy (non-hydrogen) atoms. The molecule has 6 aromatic heterocycles. The topological polar surface area (TPSA) is 73.4 Å². The number of hydrogen-bond acceptors (Lipinski definition) is 8. The minimum Gasteiger partial charge on any atom is -0.202 e. The van der Waals surface area contributed by atoms with Crippen LogP contribution in [0, 0.1) is 93.0 Å². The molecule has 6 heterocycles. The lowest BCUT2D eigenvalue weighted by Crippen LogP contribution is -2.05. The van der Waals surface area contributed by atoms with Crippen molar-refractivity contribution in [2.24, 2.45) is 0 Å². The highest BCUT2D eigenvalue weighted by molar-refractivity contribution is 7.27. The molecule has 0 aliphatic rings. The zero-order chi connectivity index (χ0) is 44.0. The maximum atomic E-state index is 15.4. The molecule has 4 nitrogen and oxygen atoms in total. The van der Waals surface area contributed by atoms with Crippen LogP contribution < -0.4 is 0 Å². The lowest BCUT2D eigenvalue weighted by Gasteiger charge is -2.04. The predicted octanol–water partition coefficient (Wildman–Crippen LogP) is 14.5. The van der Waals surface area contributed by atoms with Gasteiger partial charge in [-0.3, -0.25) is 0 Å². The summed E-state index contributed by atoms with van der Waals surface area (Å²) >= 11 is 3.17. The highest BCUT2D eigenvalue weighted by atomic mass is 32.1. The van der Waals surface area contributed by atoms with E-state index in [1.807, 2.05) is 12.1 Å². The van der Waals surface area contributed by atoms with Crippen LogP contribution in [-0.2, 0) is 0 Å². The molecule has 0 bridgehead atoms. The van der Waals surface area contributed by atoms with Gasteiger partial charge >= 0.3 is 0 Å². The smallest absolute Gasteiger partial charge is 0.202 e. The third-order valence-electron chi connectivity index (χ3n) is 9.48. The standard InChI is InChI=1S/C42H10F12N4S4/c43-29-23(9-19(11-55)27-31(45)39(51)57-40(52)32(27)46)61-37(35(29)49)25-7-17-3-13-1-15-5-21-18(4-14(15)2-16(13)6-22(17)60-25)8-26(59-21)38-36(50)30(44)24(62-38)10-20(12-56)28-33(47)41(53)58-42(54)34(28)48/h1-10H/b19-9+,20-10+. The first kappa shape index (κ1) is 40.8. The largest absolute Gasteiger partial charge is 0.252 e. The molecule has 0 fully saturated rings. The maximum Gasteiger partial charge on any atom is 0.252 e. The van der Waals surface area contributed by atoms with Gasteiger partial charge in [0, 0.05) is 19.2 Å². The van der Waals surface area contributed by atoms with Crippen LogP contribution >= 0.6 is 45.3 Å². The molecule has 3 aromatic carbocycles. The van der Waals surface area contributed by atoms with Gasteiger partial charge in [0.05, 0.1) is 41.8 Å². The van der Waals surface area contributed by atoms with E-state index in [2.05, 4.69) is 9.97 Å². The van der Waals surface area contributed by atoms with Gasteiger partial charge in [0.15, 0.2) is 46.5 Å². The first-order valence-electron chi connectivity index (χ1n) is 17.0. The summed E-state index contributed by atoms with van der Waals surface area (Å²) in [7, 11) is 0. The van der Waals surface area contributed by atoms with Gasteiger partial charge in [0.1, 0.15) is 12.1 Å². The van der Waals surface area contributed by atoms with Crippen molar-refractivity contribution in [3.63, 3.8) is 0 Å². The van der Waals surface area contributed by atoms with Crippen LogP contribution in [0.4, 0.5) is 52.7 Å². The number of fused-ring (bicyclic) bond motifs is 4. The molecule has 20 heteroatoms. The molecule has 0 aliphatic heterocycles. The van der Waals surface area contributed by atoms with Gasteiger partial charge in [0.2, 0.25) is 0 Å². The Labute approximate surface area is 353 Å². The van der Waals surface area contributed by atoms with Crippen molar-refractivity contribution in [2.45, 2.75) is 0 Å². The van der Waals surface area contributed by atoms with Gasteiger partial charge in [-0.15, -0.1) is 45.3 Å². The number of nitrogens with zero attached hydrogens (tertiary/aromatic N) is 4. The van der Waals surface area contributed by atoms with Crippen LogP contribution in [0.1, 0.15) is 20.9 Å². The summed E-state index contributed by atoms with van der Waals surface area (Å²) in [6.07, 6.45) is 1.16. The molecule has 9 aromatic rings. The van der Waals surface area contributed by atoms with Crippen LogP contribution in [0.5, 0.6) is 0 Å². The molecule has 9 rings (SSSR count). The monoisotopic (exact) mass is 926 g/mol. The van der Waals surface area contributed by atoms with Crippen LogP contribution in [0.15, 0.2) is 48.5 Å². The average Bonchev–Trinajstić information content (AvgIpc) is 3.99. The van der Waals surface area contributed by atoms with Gasteiger partial charge in [-0.25, -0.2) is 35.1 Å². The van der Waals surface area contributed by atoms with Gasteiger partial charge in [-0.1, -0.05) is 0 Å². The average molecular weight is 927 g/mol. The van der Waals surface area contributed by atoms with E-state index in [1.165, 1.54) is 12.1 Å². The molecule has 0 N–H and O–H groups in total. The molecule has 306 valence electrons.